The SMILES string of the molecule is CB(O)N1CCC[C@H]1c1ncc(-c2ccc(-c3ccc(-c4cnc([C@@H]5CCCN5)[nH]4)cc3)cc2)[nH]1. The zero-order valence-electron chi connectivity index (χ0n) is 20.0. The minimum absolute atomic E-state index is 0.155. The van der Waals surface area contributed by atoms with Crippen molar-refractivity contribution < 1.29 is 5.02 Å². The monoisotopic (exact) mass is 466 g/mol. The Hall–Kier alpha value is -3.20. The lowest BCUT2D eigenvalue weighted by molar-refractivity contribution is 0.342. The largest absolute Gasteiger partial charge is 0.437 e. The molecule has 178 valence electrons. The van der Waals surface area contributed by atoms with Gasteiger partial charge in [-0.3, -0.25) is 0 Å². The highest BCUT2D eigenvalue weighted by atomic mass is 16.2. The third kappa shape index (κ3) is 4.45. The molecule has 2 fully saturated rings. The molecule has 4 N–H and O–H groups in total. The fourth-order valence-corrected chi connectivity index (χ4v) is 5.45. The first-order valence-electron chi connectivity index (χ1n) is 12.6. The van der Waals surface area contributed by atoms with Crippen LogP contribution in [0.4, 0.5) is 0 Å². The lowest BCUT2D eigenvalue weighted by Gasteiger charge is -2.23. The van der Waals surface area contributed by atoms with Crippen molar-refractivity contribution in [2.45, 2.75) is 44.6 Å². The molecule has 0 amide bonds. The number of imidazole rings is 2. The van der Waals surface area contributed by atoms with Crippen LogP contribution in [-0.4, -0.2) is 49.9 Å². The van der Waals surface area contributed by atoms with E-state index in [1.54, 1.807) is 0 Å². The standard InChI is InChI=1S/C27H31BN6O/c1-28(35)34-15-3-5-25(34)27-31-17-24(33-27)21-12-8-19(9-13-21)18-6-10-20(11-7-18)23-16-30-26(32-23)22-4-2-14-29-22/h6-13,16-17,22,25,29,35H,2-5,14-15H2,1H3,(H,30,32)(H,31,33)/t22-,25-/m0/s1. The fourth-order valence-electron chi connectivity index (χ4n) is 5.45. The van der Waals surface area contributed by atoms with Gasteiger partial charge in [0.05, 0.1) is 35.9 Å². The summed E-state index contributed by atoms with van der Waals surface area (Å²) >= 11 is 0. The summed E-state index contributed by atoms with van der Waals surface area (Å²) in [6.45, 7) is 3.80. The summed E-state index contributed by atoms with van der Waals surface area (Å²) in [5.74, 6) is 1.97. The van der Waals surface area contributed by atoms with Crippen molar-refractivity contribution in [3.63, 3.8) is 0 Å². The van der Waals surface area contributed by atoms with Gasteiger partial charge in [0.15, 0.2) is 0 Å². The third-order valence-electron chi connectivity index (χ3n) is 7.40. The third-order valence-corrected chi connectivity index (χ3v) is 7.40. The summed E-state index contributed by atoms with van der Waals surface area (Å²) in [7, 11) is -0.457. The first-order valence-corrected chi connectivity index (χ1v) is 12.6. The Morgan fingerprint density at radius 2 is 1.37 bits per heavy atom. The van der Waals surface area contributed by atoms with Crippen LogP contribution < -0.4 is 5.32 Å². The highest BCUT2D eigenvalue weighted by Gasteiger charge is 2.32. The minimum atomic E-state index is -0.457. The zero-order valence-corrected chi connectivity index (χ0v) is 20.0. The lowest BCUT2D eigenvalue weighted by Crippen LogP contribution is -2.36. The maximum atomic E-state index is 10.1. The minimum Gasteiger partial charge on any atom is -0.437 e. The first-order chi connectivity index (χ1) is 17.2. The van der Waals surface area contributed by atoms with Gasteiger partial charge in [0.25, 0.3) is 0 Å². The van der Waals surface area contributed by atoms with Crippen LogP contribution >= 0.6 is 0 Å². The molecule has 6 rings (SSSR count). The number of benzene rings is 2. The predicted molar refractivity (Wildman–Crippen MR) is 140 cm³/mol. The van der Waals surface area contributed by atoms with Crippen LogP contribution in [0.5, 0.6) is 0 Å². The second-order valence-corrected chi connectivity index (χ2v) is 9.70. The van der Waals surface area contributed by atoms with Gasteiger partial charge < -0.3 is 25.1 Å². The zero-order chi connectivity index (χ0) is 23.8. The van der Waals surface area contributed by atoms with E-state index in [1.807, 2.05) is 19.2 Å². The molecule has 7 nitrogen and oxygen atoms in total. The quantitative estimate of drug-likeness (QED) is 0.306. The molecule has 4 heterocycles. The first kappa shape index (κ1) is 22.3. The number of H-pyrrole nitrogens is 2. The van der Waals surface area contributed by atoms with Gasteiger partial charge in [-0.15, -0.1) is 0 Å². The molecule has 2 aromatic carbocycles. The van der Waals surface area contributed by atoms with Crippen LogP contribution in [0.3, 0.4) is 0 Å². The maximum absolute atomic E-state index is 10.1. The summed E-state index contributed by atoms with van der Waals surface area (Å²) in [5.41, 5.74) is 6.67. The van der Waals surface area contributed by atoms with E-state index in [0.29, 0.717) is 6.04 Å². The van der Waals surface area contributed by atoms with Gasteiger partial charge in [-0.2, -0.15) is 0 Å². The van der Waals surface area contributed by atoms with Crippen LogP contribution in [0.25, 0.3) is 33.6 Å². The van der Waals surface area contributed by atoms with Gasteiger partial charge in [-0.25, -0.2) is 9.97 Å². The summed E-state index contributed by atoms with van der Waals surface area (Å²) in [6, 6.07) is 17.7. The van der Waals surface area contributed by atoms with Crippen molar-refractivity contribution in [3.05, 3.63) is 72.6 Å². The van der Waals surface area contributed by atoms with Crippen LogP contribution in [0.15, 0.2) is 60.9 Å². The number of nitrogens with zero attached hydrogens (tertiary/aromatic N) is 3. The number of nitrogens with one attached hydrogen (secondary N) is 3. The second kappa shape index (κ2) is 9.45. The normalized spacial score (nSPS) is 20.5. The van der Waals surface area contributed by atoms with E-state index < -0.39 is 7.05 Å². The van der Waals surface area contributed by atoms with Crippen molar-refractivity contribution >= 4 is 7.05 Å². The van der Waals surface area contributed by atoms with Crippen LogP contribution in [-0.2, 0) is 0 Å². The van der Waals surface area contributed by atoms with Crippen LogP contribution in [0.2, 0.25) is 6.82 Å². The summed E-state index contributed by atoms with van der Waals surface area (Å²) in [5, 5.41) is 13.5. The molecule has 0 spiro atoms. The van der Waals surface area contributed by atoms with Crippen molar-refractivity contribution in [2.24, 2.45) is 0 Å². The fraction of sp³-hybridized carbons (Fsp3) is 0.333. The maximum Gasteiger partial charge on any atom is 0.377 e. The Morgan fingerprint density at radius 1 is 0.800 bits per heavy atom. The molecule has 35 heavy (non-hydrogen) atoms. The lowest BCUT2D eigenvalue weighted by atomic mass is 9.84. The predicted octanol–water partition coefficient (Wildman–Crippen LogP) is 4.81. The number of rotatable bonds is 6. The van der Waals surface area contributed by atoms with Crippen molar-refractivity contribution in [1.29, 1.82) is 0 Å². The molecule has 0 aliphatic carbocycles. The van der Waals surface area contributed by atoms with Crippen molar-refractivity contribution in [3.8, 4) is 33.6 Å². The topological polar surface area (TPSA) is 92.9 Å². The van der Waals surface area contributed by atoms with E-state index in [1.165, 1.54) is 17.5 Å². The average molecular weight is 466 g/mol. The van der Waals surface area contributed by atoms with Crippen molar-refractivity contribution in [1.82, 2.24) is 30.1 Å². The van der Waals surface area contributed by atoms with E-state index >= 15 is 0 Å². The van der Waals surface area contributed by atoms with E-state index in [-0.39, 0.29) is 6.04 Å². The number of hydrogen-bond donors (Lipinski definition) is 4. The molecule has 0 unspecified atom stereocenters. The molecule has 2 aliphatic heterocycles. The van der Waals surface area contributed by atoms with Gasteiger partial charge in [-0.1, -0.05) is 48.5 Å². The average Bonchev–Trinajstić information content (AvgIpc) is 3.70. The molecule has 2 aromatic heterocycles. The molecule has 2 saturated heterocycles. The molecule has 2 aliphatic rings. The van der Waals surface area contributed by atoms with Gasteiger partial charge >= 0.3 is 7.05 Å². The van der Waals surface area contributed by atoms with Gasteiger partial charge in [0, 0.05) is 0 Å². The number of hydrogen-bond acceptors (Lipinski definition) is 5. The Kier molecular flexibility index (Phi) is 6.02. The van der Waals surface area contributed by atoms with E-state index in [4.69, 9.17) is 0 Å². The number of aromatic nitrogens is 4. The summed E-state index contributed by atoms with van der Waals surface area (Å²) in [6.07, 6.45) is 8.28. The molecular weight excluding hydrogens is 435 g/mol. The highest BCUT2D eigenvalue weighted by Crippen LogP contribution is 2.32. The van der Waals surface area contributed by atoms with Crippen LogP contribution in [0, 0.1) is 0 Å². The van der Waals surface area contributed by atoms with Crippen LogP contribution in [0.1, 0.15) is 49.4 Å². The number of aromatic amines is 2. The Labute approximate surface area is 206 Å². The Morgan fingerprint density at radius 3 is 1.94 bits per heavy atom. The van der Waals surface area contributed by atoms with E-state index in [2.05, 4.69) is 78.6 Å². The highest BCUT2D eigenvalue weighted by molar-refractivity contribution is 6.45. The van der Waals surface area contributed by atoms with Gasteiger partial charge in [0.1, 0.15) is 11.6 Å². The second-order valence-electron chi connectivity index (χ2n) is 9.70. The Bertz CT molecular complexity index is 1270. The molecule has 0 bridgehead atoms. The summed E-state index contributed by atoms with van der Waals surface area (Å²) < 4.78 is 0. The molecular formula is C27H31BN6O. The van der Waals surface area contributed by atoms with Crippen molar-refractivity contribution in [2.75, 3.05) is 13.1 Å². The Balaban J connectivity index is 1.16. The molecule has 0 radical (unpaired) electrons. The molecule has 8 heteroatoms. The molecule has 4 aromatic rings. The molecule has 2 atom stereocenters. The smallest absolute Gasteiger partial charge is 0.377 e. The summed E-state index contributed by atoms with van der Waals surface area (Å²) in [4.78, 5) is 18.3. The van der Waals surface area contributed by atoms with E-state index in [9.17, 15) is 5.02 Å². The van der Waals surface area contributed by atoms with Gasteiger partial charge in [0.2, 0.25) is 0 Å². The molecule has 0 saturated carbocycles. The van der Waals surface area contributed by atoms with E-state index in [0.717, 1.165) is 66.5 Å². The van der Waals surface area contributed by atoms with Gasteiger partial charge in [-0.05, 0) is 67.8 Å².